The zero-order chi connectivity index (χ0) is 12.1. The maximum Gasteiger partial charge on any atom is 0.411 e. The van der Waals surface area contributed by atoms with Crippen molar-refractivity contribution in [2.75, 3.05) is 13.2 Å². The molecule has 0 rings (SSSR count). The van der Waals surface area contributed by atoms with Gasteiger partial charge in [0.2, 0.25) is 0 Å². The molecule has 0 radical (unpaired) electrons. The summed E-state index contributed by atoms with van der Waals surface area (Å²) in [5, 5.41) is 11.2. The summed E-state index contributed by atoms with van der Waals surface area (Å²) in [6.45, 7) is 1.45. The molecule has 0 bridgehead atoms. The minimum Gasteiger partial charge on any atom is -0.480 e. The van der Waals surface area contributed by atoms with Crippen molar-refractivity contribution in [1.82, 2.24) is 5.32 Å². The van der Waals surface area contributed by atoms with Crippen LogP contribution in [0.2, 0.25) is 0 Å². The largest absolute Gasteiger partial charge is 0.480 e. The van der Waals surface area contributed by atoms with Crippen molar-refractivity contribution in [3.63, 3.8) is 0 Å². The van der Waals surface area contributed by atoms with Crippen molar-refractivity contribution >= 4 is 5.97 Å². The predicted octanol–water partition coefficient (Wildman–Crippen LogP) is 1.02. The van der Waals surface area contributed by atoms with Gasteiger partial charge in [-0.05, 0) is 0 Å². The van der Waals surface area contributed by atoms with E-state index < -0.39 is 31.4 Å². The van der Waals surface area contributed by atoms with Gasteiger partial charge in [-0.3, -0.25) is 4.79 Å². The second-order valence-electron chi connectivity index (χ2n) is 3.34. The quantitative estimate of drug-likeness (QED) is 0.713. The number of carboxylic acid groups (broad SMARTS) is 1. The molecule has 90 valence electrons. The van der Waals surface area contributed by atoms with Crippen LogP contribution in [0.3, 0.4) is 0 Å². The molecular weight excluding hydrogens is 215 g/mol. The standard InChI is InChI=1S/C8H14F3NO3/c1-5(2)12-6(7(13)14)3-15-4-8(9,10)11/h5-6,12H,3-4H2,1-2H3,(H,13,14). The van der Waals surface area contributed by atoms with E-state index in [1.807, 2.05) is 0 Å². The fraction of sp³-hybridized carbons (Fsp3) is 0.875. The van der Waals surface area contributed by atoms with Crippen molar-refractivity contribution in [3.8, 4) is 0 Å². The summed E-state index contributed by atoms with van der Waals surface area (Å²) in [5.74, 6) is -1.23. The van der Waals surface area contributed by atoms with Gasteiger partial charge in [0.25, 0.3) is 0 Å². The molecule has 1 unspecified atom stereocenters. The topological polar surface area (TPSA) is 58.6 Å². The van der Waals surface area contributed by atoms with Gasteiger partial charge < -0.3 is 15.2 Å². The maximum absolute atomic E-state index is 11.7. The van der Waals surface area contributed by atoms with E-state index in [1.165, 1.54) is 0 Å². The highest BCUT2D eigenvalue weighted by atomic mass is 19.4. The van der Waals surface area contributed by atoms with Crippen LogP contribution >= 0.6 is 0 Å². The van der Waals surface area contributed by atoms with E-state index in [-0.39, 0.29) is 6.04 Å². The van der Waals surface area contributed by atoms with E-state index in [1.54, 1.807) is 13.8 Å². The third kappa shape index (κ3) is 8.19. The lowest BCUT2D eigenvalue weighted by atomic mass is 10.2. The number of nitrogens with one attached hydrogen (secondary N) is 1. The Labute approximate surface area is 85.4 Å². The minimum absolute atomic E-state index is 0.138. The molecule has 0 heterocycles. The van der Waals surface area contributed by atoms with E-state index in [4.69, 9.17) is 5.11 Å². The number of alkyl halides is 3. The molecular formula is C8H14F3NO3. The molecule has 2 N–H and O–H groups in total. The Bertz CT molecular complexity index is 206. The molecule has 0 fully saturated rings. The SMILES string of the molecule is CC(C)NC(COCC(F)(F)F)C(=O)O. The van der Waals surface area contributed by atoms with Gasteiger partial charge in [-0.15, -0.1) is 0 Å². The van der Waals surface area contributed by atoms with Gasteiger partial charge >= 0.3 is 12.1 Å². The first kappa shape index (κ1) is 14.2. The van der Waals surface area contributed by atoms with Gasteiger partial charge in [-0.25, -0.2) is 0 Å². The van der Waals surface area contributed by atoms with E-state index in [9.17, 15) is 18.0 Å². The van der Waals surface area contributed by atoms with Crippen molar-refractivity contribution in [2.45, 2.75) is 32.1 Å². The Balaban J connectivity index is 3.92. The molecule has 4 nitrogen and oxygen atoms in total. The van der Waals surface area contributed by atoms with Crippen molar-refractivity contribution < 1.29 is 27.8 Å². The van der Waals surface area contributed by atoms with E-state index in [0.717, 1.165) is 0 Å². The lowest BCUT2D eigenvalue weighted by Gasteiger charge is -2.17. The maximum atomic E-state index is 11.7. The van der Waals surface area contributed by atoms with Gasteiger partial charge in [-0.1, -0.05) is 13.8 Å². The van der Waals surface area contributed by atoms with Crippen molar-refractivity contribution in [3.05, 3.63) is 0 Å². The third-order valence-corrected chi connectivity index (χ3v) is 1.38. The number of aliphatic carboxylic acids is 1. The molecule has 0 spiro atoms. The number of hydrogen-bond donors (Lipinski definition) is 2. The molecule has 0 saturated heterocycles. The first-order valence-electron chi connectivity index (χ1n) is 4.35. The van der Waals surface area contributed by atoms with Crippen LogP contribution in [0.25, 0.3) is 0 Å². The highest BCUT2D eigenvalue weighted by molar-refractivity contribution is 5.73. The number of ether oxygens (including phenoxy) is 1. The van der Waals surface area contributed by atoms with Gasteiger partial charge in [0.15, 0.2) is 0 Å². The van der Waals surface area contributed by atoms with Gasteiger partial charge in [0, 0.05) is 6.04 Å². The normalized spacial score (nSPS) is 14.3. The summed E-state index contributed by atoms with van der Waals surface area (Å²) >= 11 is 0. The summed E-state index contributed by atoms with van der Waals surface area (Å²) < 4.78 is 39.3. The zero-order valence-electron chi connectivity index (χ0n) is 8.47. The number of rotatable bonds is 6. The Kier molecular flexibility index (Phi) is 5.59. The molecule has 0 aromatic rings. The molecule has 15 heavy (non-hydrogen) atoms. The van der Waals surface area contributed by atoms with Crippen LogP contribution in [-0.2, 0) is 9.53 Å². The summed E-state index contributed by atoms with van der Waals surface area (Å²) in [6, 6.07) is -1.26. The number of halogens is 3. The molecule has 0 aliphatic heterocycles. The second kappa shape index (κ2) is 5.92. The first-order valence-corrected chi connectivity index (χ1v) is 4.35. The fourth-order valence-electron chi connectivity index (χ4n) is 0.886. The Morgan fingerprint density at radius 1 is 1.47 bits per heavy atom. The Morgan fingerprint density at radius 3 is 2.33 bits per heavy atom. The molecule has 0 amide bonds. The van der Waals surface area contributed by atoms with Gasteiger partial charge in [0.1, 0.15) is 12.6 Å². The van der Waals surface area contributed by atoms with Crippen LogP contribution in [0, 0.1) is 0 Å². The van der Waals surface area contributed by atoms with Crippen molar-refractivity contribution in [1.29, 1.82) is 0 Å². The monoisotopic (exact) mass is 229 g/mol. The fourth-order valence-corrected chi connectivity index (χ4v) is 0.886. The average Bonchev–Trinajstić information content (AvgIpc) is 1.99. The third-order valence-electron chi connectivity index (χ3n) is 1.38. The minimum atomic E-state index is -4.43. The molecule has 0 aromatic carbocycles. The van der Waals surface area contributed by atoms with Crippen molar-refractivity contribution in [2.24, 2.45) is 0 Å². The lowest BCUT2D eigenvalue weighted by molar-refractivity contribution is -0.177. The first-order chi connectivity index (χ1) is 6.72. The molecule has 7 heteroatoms. The molecule has 0 aliphatic rings. The lowest BCUT2D eigenvalue weighted by Crippen LogP contribution is -2.44. The van der Waals surface area contributed by atoms with Crippen LogP contribution in [0.5, 0.6) is 0 Å². The van der Waals surface area contributed by atoms with E-state index in [0.29, 0.717) is 0 Å². The van der Waals surface area contributed by atoms with Crippen LogP contribution in [-0.4, -0.2) is 42.5 Å². The second-order valence-corrected chi connectivity index (χ2v) is 3.34. The van der Waals surface area contributed by atoms with Crippen LogP contribution in [0.1, 0.15) is 13.8 Å². The van der Waals surface area contributed by atoms with Crippen LogP contribution in [0.4, 0.5) is 13.2 Å². The smallest absolute Gasteiger partial charge is 0.411 e. The summed E-state index contributed by atoms with van der Waals surface area (Å²) in [7, 11) is 0. The van der Waals surface area contributed by atoms with Gasteiger partial charge in [-0.2, -0.15) is 13.2 Å². The molecule has 0 aliphatic carbocycles. The molecule has 1 atom stereocenters. The number of hydrogen-bond acceptors (Lipinski definition) is 3. The van der Waals surface area contributed by atoms with Crippen LogP contribution < -0.4 is 5.32 Å². The average molecular weight is 229 g/mol. The highest BCUT2D eigenvalue weighted by Crippen LogP contribution is 2.14. The van der Waals surface area contributed by atoms with E-state index >= 15 is 0 Å². The highest BCUT2D eigenvalue weighted by Gasteiger charge is 2.29. The Morgan fingerprint density at radius 2 is 2.00 bits per heavy atom. The van der Waals surface area contributed by atoms with Crippen LogP contribution in [0.15, 0.2) is 0 Å². The molecule has 0 aromatic heterocycles. The zero-order valence-corrected chi connectivity index (χ0v) is 8.47. The van der Waals surface area contributed by atoms with E-state index in [2.05, 4.69) is 10.1 Å². The van der Waals surface area contributed by atoms with Gasteiger partial charge in [0.05, 0.1) is 6.61 Å². The number of carboxylic acids is 1. The molecule has 0 saturated carbocycles. The summed E-state index contributed by atoms with van der Waals surface area (Å²) in [6.07, 6.45) is -4.43. The number of carbonyl (C=O) groups is 1. The summed E-state index contributed by atoms with van der Waals surface area (Å²) in [4.78, 5) is 10.6. The Hall–Kier alpha value is -0.820. The summed E-state index contributed by atoms with van der Waals surface area (Å²) in [5.41, 5.74) is 0. The predicted molar refractivity (Wildman–Crippen MR) is 46.6 cm³/mol.